The molecule has 0 radical (unpaired) electrons. The second kappa shape index (κ2) is 38.0. The van der Waals surface area contributed by atoms with Gasteiger partial charge in [-0.15, -0.1) is 0 Å². The standard InChI is InChI=1S/C43H73NO3/c1-3-5-7-9-11-13-15-17-19-21-22-23-25-27-29-31-33-35-37-39-43(47)44-41(40-45)42(46)38-36-34-32-30-28-26-24-20-18-16-14-12-10-8-6-4-2/h5,7,11,13,17,19,22-23,27,29,33,35-36,38,41-42,45-46H,3-4,6,8-10,12,14-16,18,20-21,24-26,28,30-32,34,37,39-40H2,1-2H3,(H,44,47)/b7-5-,13-11-,19-17-,23-22-,29-27-,35-33-,38-36+. The predicted octanol–water partition coefficient (Wildman–Crippen LogP) is 11.7. The van der Waals surface area contributed by atoms with Crippen LogP contribution >= 0.6 is 0 Å². The SMILES string of the molecule is CC/C=C\C/C=C\C/C=C\C/C=C\C/C=C\C/C=C\CCC(=O)NC(CO)C(O)/C=C/CCCCCCCCCCCCCCCC. The highest BCUT2D eigenvalue weighted by Crippen LogP contribution is 2.13. The van der Waals surface area contributed by atoms with Crippen molar-refractivity contribution in [1.29, 1.82) is 0 Å². The number of carbonyl (C=O) groups is 1. The summed E-state index contributed by atoms with van der Waals surface area (Å²) in [4.78, 5) is 12.3. The van der Waals surface area contributed by atoms with Gasteiger partial charge in [0.15, 0.2) is 0 Å². The first-order chi connectivity index (χ1) is 23.2. The first-order valence-corrected chi connectivity index (χ1v) is 19.3. The van der Waals surface area contributed by atoms with Crippen molar-refractivity contribution in [2.75, 3.05) is 6.61 Å². The van der Waals surface area contributed by atoms with Gasteiger partial charge in [0.2, 0.25) is 5.91 Å². The van der Waals surface area contributed by atoms with Gasteiger partial charge in [-0.2, -0.15) is 0 Å². The maximum absolute atomic E-state index is 12.3. The molecule has 2 unspecified atom stereocenters. The lowest BCUT2D eigenvalue weighted by Gasteiger charge is -2.19. The normalized spacial score (nSPS) is 14.0. The largest absolute Gasteiger partial charge is 0.394 e. The molecule has 0 aromatic rings. The molecule has 0 fully saturated rings. The Morgan fingerprint density at radius 3 is 1.36 bits per heavy atom. The van der Waals surface area contributed by atoms with Gasteiger partial charge in [-0.25, -0.2) is 0 Å². The molecule has 0 saturated carbocycles. The van der Waals surface area contributed by atoms with Crippen molar-refractivity contribution in [2.45, 2.75) is 174 Å². The molecular formula is C43H73NO3. The summed E-state index contributed by atoms with van der Waals surface area (Å²) in [5.74, 6) is -0.150. The molecule has 2 atom stereocenters. The van der Waals surface area contributed by atoms with Crippen LogP contribution in [0.2, 0.25) is 0 Å². The highest BCUT2D eigenvalue weighted by Gasteiger charge is 2.17. The summed E-state index contributed by atoms with van der Waals surface area (Å²) >= 11 is 0. The molecule has 0 spiro atoms. The fourth-order valence-electron chi connectivity index (χ4n) is 5.20. The van der Waals surface area contributed by atoms with Crippen LogP contribution in [-0.2, 0) is 4.79 Å². The Morgan fingerprint density at radius 1 is 0.532 bits per heavy atom. The van der Waals surface area contributed by atoms with E-state index in [4.69, 9.17) is 0 Å². The van der Waals surface area contributed by atoms with E-state index in [-0.39, 0.29) is 12.5 Å². The highest BCUT2D eigenvalue weighted by molar-refractivity contribution is 5.76. The molecule has 3 N–H and O–H groups in total. The minimum atomic E-state index is -0.874. The van der Waals surface area contributed by atoms with E-state index in [1.54, 1.807) is 6.08 Å². The van der Waals surface area contributed by atoms with E-state index in [1.165, 1.54) is 83.5 Å². The third-order valence-corrected chi connectivity index (χ3v) is 8.15. The summed E-state index contributed by atoms with van der Waals surface area (Å²) in [6.07, 6.45) is 55.3. The molecule has 0 aliphatic carbocycles. The summed E-state index contributed by atoms with van der Waals surface area (Å²) < 4.78 is 0. The molecular weight excluding hydrogens is 578 g/mol. The fraction of sp³-hybridized carbons (Fsp3) is 0.651. The van der Waals surface area contributed by atoms with Crippen LogP contribution in [0.25, 0.3) is 0 Å². The van der Waals surface area contributed by atoms with Crippen molar-refractivity contribution >= 4 is 5.91 Å². The lowest BCUT2D eigenvalue weighted by Crippen LogP contribution is -2.45. The number of hydrogen-bond acceptors (Lipinski definition) is 3. The smallest absolute Gasteiger partial charge is 0.220 e. The molecule has 0 aliphatic heterocycles. The van der Waals surface area contributed by atoms with Crippen molar-refractivity contribution in [2.24, 2.45) is 0 Å². The lowest BCUT2D eigenvalue weighted by atomic mass is 10.0. The Kier molecular flexibility index (Phi) is 36.1. The average Bonchev–Trinajstić information content (AvgIpc) is 3.07. The molecule has 0 bridgehead atoms. The number of aliphatic hydroxyl groups excluding tert-OH is 2. The van der Waals surface area contributed by atoms with Crippen molar-refractivity contribution < 1.29 is 15.0 Å². The van der Waals surface area contributed by atoms with Crippen LogP contribution in [0.4, 0.5) is 0 Å². The van der Waals surface area contributed by atoms with E-state index in [1.807, 2.05) is 12.2 Å². The van der Waals surface area contributed by atoms with Crippen molar-refractivity contribution in [3.63, 3.8) is 0 Å². The zero-order valence-corrected chi connectivity index (χ0v) is 30.5. The van der Waals surface area contributed by atoms with Crippen LogP contribution < -0.4 is 5.32 Å². The van der Waals surface area contributed by atoms with Crippen LogP contribution in [-0.4, -0.2) is 34.9 Å². The Morgan fingerprint density at radius 2 is 0.936 bits per heavy atom. The minimum absolute atomic E-state index is 0.150. The first kappa shape index (κ1) is 44.6. The summed E-state index contributed by atoms with van der Waals surface area (Å²) in [7, 11) is 0. The highest BCUT2D eigenvalue weighted by atomic mass is 16.3. The summed E-state index contributed by atoms with van der Waals surface area (Å²) in [6, 6.07) is -0.666. The van der Waals surface area contributed by atoms with Crippen molar-refractivity contribution in [1.82, 2.24) is 5.32 Å². The molecule has 268 valence electrons. The third-order valence-electron chi connectivity index (χ3n) is 8.15. The van der Waals surface area contributed by atoms with Crippen molar-refractivity contribution in [3.05, 3.63) is 85.1 Å². The average molecular weight is 652 g/mol. The van der Waals surface area contributed by atoms with E-state index in [9.17, 15) is 15.0 Å². The zero-order chi connectivity index (χ0) is 34.3. The van der Waals surface area contributed by atoms with Gasteiger partial charge in [-0.3, -0.25) is 4.79 Å². The fourth-order valence-corrected chi connectivity index (χ4v) is 5.20. The maximum atomic E-state index is 12.3. The number of allylic oxidation sites excluding steroid dienone is 13. The molecule has 0 aromatic heterocycles. The lowest BCUT2D eigenvalue weighted by molar-refractivity contribution is -0.122. The quantitative estimate of drug-likeness (QED) is 0.0488. The summed E-state index contributed by atoms with van der Waals surface area (Å²) in [5, 5.41) is 22.9. The van der Waals surface area contributed by atoms with E-state index in [2.05, 4.69) is 86.0 Å². The molecule has 0 saturated heterocycles. The molecule has 0 aromatic carbocycles. The van der Waals surface area contributed by atoms with Crippen molar-refractivity contribution in [3.8, 4) is 0 Å². The monoisotopic (exact) mass is 652 g/mol. The number of aliphatic hydroxyl groups is 2. The Hall–Kier alpha value is -2.43. The van der Waals surface area contributed by atoms with E-state index < -0.39 is 12.1 Å². The van der Waals surface area contributed by atoms with E-state index in [0.717, 1.165) is 51.4 Å². The minimum Gasteiger partial charge on any atom is -0.394 e. The van der Waals surface area contributed by atoms with Gasteiger partial charge in [-0.1, -0.05) is 182 Å². The number of amides is 1. The van der Waals surface area contributed by atoms with Gasteiger partial charge < -0.3 is 15.5 Å². The van der Waals surface area contributed by atoms with Crippen LogP contribution in [0, 0.1) is 0 Å². The zero-order valence-electron chi connectivity index (χ0n) is 30.5. The molecule has 4 heteroatoms. The molecule has 1 amide bonds. The van der Waals surface area contributed by atoms with Crippen LogP contribution in [0.1, 0.15) is 162 Å². The number of nitrogens with one attached hydrogen (secondary N) is 1. The van der Waals surface area contributed by atoms with E-state index >= 15 is 0 Å². The number of unbranched alkanes of at least 4 members (excludes halogenated alkanes) is 14. The topological polar surface area (TPSA) is 69.6 Å². The van der Waals surface area contributed by atoms with Gasteiger partial charge in [0.1, 0.15) is 0 Å². The van der Waals surface area contributed by atoms with Crippen LogP contribution in [0.5, 0.6) is 0 Å². The summed E-state index contributed by atoms with van der Waals surface area (Å²) in [5.41, 5.74) is 0. The third kappa shape index (κ3) is 34.7. The first-order valence-electron chi connectivity index (χ1n) is 19.3. The Labute approximate surface area is 291 Å². The number of rotatable bonds is 33. The van der Waals surface area contributed by atoms with Gasteiger partial charge in [0.25, 0.3) is 0 Å². The van der Waals surface area contributed by atoms with Gasteiger partial charge >= 0.3 is 0 Å². The molecule has 0 aliphatic rings. The second-order valence-corrected chi connectivity index (χ2v) is 12.6. The van der Waals surface area contributed by atoms with Gasteiger partial charge in [-0.05, 0) is 57.8 Å². The maximum Gasteiger partial charge on any atom is 0.220 e. The second-order valence-electron chi connectivity index (χ2n) is 12.6. The van der Waals surface area contributed by atoms with Gasteiger partial charge in [0, 0.05) is 6.42 Å². The Balaban J connectivity index is 3.80. The molecule has 4 nitrogen and oxygen atoms in total. The number of carbonyl (C=O) groups excluding carboxylic acids is 1. The van der Waals surface area contributed by atoms with Crippen LogP contribution in [0.15, 0.2) is 85.1 Å². The van der Waals surface area contributed by atoms with Crippen LogP contribution in [0.3, 0.4) is 0 Å². The van der Waals surface area contributed by atoms with Gasteiger partial charge in [0.05, 0.1) is 18.8 Å². The number of hydrogen-bond donors (Lipinski definition) is 3. The summed E-state index contributed by atoms with van der Waals surface area (Å²) in [6.45, 7) is 4.14. The molecule has 0 rings (SSSR count). The Bertz CT molecular complexity index is 879. The molecule has 47 heavy (non-hydrogen) atoms. The van der Waals surface area contributed by atoms with E-state index in [0.29, 0.717) is 12.8 Å². The predicted molar refractivity (Wildman–Crippen MR) is 207 cm³/mol. The molecule has 0 heterocycles.